The fraction of sp³-hybridized carbons (Fsp3) is 0.786. The van der Waals surface area contributed by atoms with Crippen molar-refractivity contribution in [1.82, 2.24) is 0 Å². The number of fused-ring (bicyclic) bond motifs is 2. The molecule has 88 valence electrons. The van der Waals surface area contributed by atoms with Crippen molar-refractivity contribution in [3.05, 3.63) is 11.1 Å². The number of rotatable bonds is 0. The topological polar surface area (TPSA) is 37.3 Å². The molecule has 0 spiro atoms. The highest BCUT2D eigenvalue weighted by Gasteiger charge is 2.53. The molecule has 0 amide bonds. The van der Waals surface area contributed by atoms with Crippen LogP contribution in [-0.4, -0.2) is 16.5 Å². The average molecular weight is 220 g/mol. The Kier molecular flexibility index (Phi) is 2.43. The molecule has 0 bridgehead atoms. The Hall–Kier alpha value is -0.630. The van der Waals surface area contributed by atoms with Gasteiger partial charge in [0.15, 0.2) is 5.78 Å². The van der Waals surface area contributed by atoms with Gasteiger partial charge in [0.05, 0.1) is 0 Å². The van der Waals surface area contributed by atoms with Crippen LogP contribution in [0.3, 0.4) is 0 Å². The standard InChI is InChI=1S/C14H20O2/c15-13-11-7-3-1-2-6-10(11)12-8-4-5-9-14(12,13)16/h12,16H,1-9H2/t12-,14+/m0/s1. The number of hydrogen-bond acceptors (Lipinski definition) is 2. The molecule has 16 heavy (non-hydrogen) atoms. The van der Waals surface area contributed by atoms with Gasteiger partial charge in [0.1, 0.15) is 5.60 Å². The Morgan fingerprint density at radius 2 is 1.88 bits per heavy atom. The molecule has 0 aliphatic heterocycles. The third-order valence-corrected chi connectivity index (χ3v) is 4.73. The van der Waals surface area contributed by atoms with E-state index in [4.69, 9.17) is 0 Å². The summed E-state index contributed by atoms with van der Waals surface area (Å²) in [5.74, 6) is 0.274. The zero-order valence-corrected chi connectivity index (χ0v) is 9.80. The number of carbonyl (C=O) groups excluding carboxylic acids is 1. The van der Waals surface area contributed by atoms with Gasteiger partial charge in [-0.05, 0) is 44.1 Å². The molecule has 3 aliphatic rings. The van der Waals surface area contributed by atoms with Crippen molar-refractivity contribution < 1.29 is 9.90 Å². The Morgan fingerprint density at radius 1 is 1.06 bits per heavy atom. The number of hydrogen-bond donors (Lipinski definition) is 1. The molecule has 0 aromatic rings. The van der Waals surface area contributed by atoms with Crippen molar-refractivity contribution in [3.63, 3.8) is 0 Å². The molecule has 3 aliphatic carbocycles. The van der Waals surface area contributed by atoms with Crippen LogP contribution >= 0.6 is 0 Å². The predicted octanol–water partition coefficient (Wildman–Crippen LogP) is 2.75. The lowest BCUT2D eigenvalue weighted by Crippen LogP contribution is -2.44. The molecule has 1 N–H and O–H groups in total. The van der Waals surface area contributed by atoms with Crippen molar-refractivity contribution in [1.29, 1.82) is 0 Å². The Bertz CT molecular complexity index is 356. The van der Waals surface area contributed by atoms with Crippen molar-refractivity contribution in [2.24, 2.45) is 5.92 Å². The minimum Gasteiger partial charge on any atom is -0.381 e. The summed E-state index contributed by atoms with van der Waals surface area (Å²) in [6, 6.07) is 0. The fourth-order valence-electron chi connectivity index (χ4n) is 3.90. The summed E-state index contributed by atoms with van der Waals surface area (Å²) in [6.07, 6.45) is 9.49. The fourth-order valence-corrected chi connectivity index (χ4v) is 3.90. The monoisotopic (exact) mass is 220 g/mol. The van der Waals surface area contributed by atoms with E-state index in [2.05, 4.69) is 0 Å². The van der Waals surface area contributed by atoms with Crippen LogP contribution in [0, 0.1) is 5.92 Å². The van der Waals surface area contributed by atoms with Gasteiger partial charge in [-0.15, -0.1) is 0 Å². The van der Waals surface area contributed by atoms with E-state index in [9.17, 15) is 9.90 Å². The number of aliphatic hydroxyl groups is 1. The summed E-state index contributed by atoms with van der Waals surface area (Å²) in [5.41, 5.74) is 1.37. The van der Waals surface area contributed by atoms with E-state index in [-0.39, 0.29) is 11.7 Å². The smallest absolute Gasteiger partial charge is 0.190 e. The van der Waals surface area contributed by atoms with Crippen LogP contribution in [0.4, 0.5) is 0 Å². The maximum Gasteiger partial charge on any atom is 0.190 e. The van der Waals surface area contributed by atoms with Gasteiger partial charge in [-0.25, -0.2) is 0 Å². The van der Waals surface area contributed by atoms with Gasteiger partial charge in [0.25, 0.3) is 0 Å². The Morgan fingerprint density at radius 3 is 2.75 bits per heavy atom. The molecule has 1 saturated carbocycles. The summed E-state index contributed by atoms with van der Waals surface area (Å²) < 4.78 is 0. The van der Waals surface area contributed by atoms with Crippen LogP contribution in [0.1, 0.15) is 57.8 Å². The van der Waals surface area contributed by atoms with Crippen molar-refractivity contribution in [2.45, 2.75) is 63.4 Å². The third-order valence-electron chi connectivity index (χ3n) is 4.73. The zero-order chi connectivity index (χ0) is 11.2. The van der Waals surface area contributed by atoms with E-state index >= 15 is 0 Å². The van der Waals surface area contributed by atoms with E-state index in [1.165, 1.54) is 24.8 Å². The van der Waals surface area contributed by atoms with E-state index < -0.39 is 5.60 Å². The lowest BCUT2D eigenvalue weighted by atomic mass is 9.74. The Labute approximate surface area is 96.7 Å². The number of carbonyl (C=O) groups is 1. The molecule has 0 heterocycles. The quantitative estimate of drug-likeness (QED) is 0.681. The third kappa shape index (κ3) is 1.32. The van der Waals surface area contributed by atoms with E-state index in [0.717, 1.165) is 37.7 Å². The SMILES string of the molecule is O=C1C2=C(CCCCC2)[C@@H]2CCCC[C@]12O. The first-order valence-corrected chi connectivity index (χ1v) is 6.72. The van der Waals surface area contributed by atoms with Crippen LogP contribution in [0.5, 0.6) is 0 Å². The van der Waals surface area contributed by atoms with Gasteiger partial charge in [-0.3, -0.25) is 4.79 Å². The molecule has 2 atom stereocenters. The van der Waals surface area contributed by atoms with Gasteiger partial charge in [-0.2, -0.15) is 0 Å². The highest BCUT2D eigenvalue weighted by molar-refractivity contribution is 6.06. The van der Waals surface area contributed by atoms with Crippen LogP contribution < -0.4 is 0 Å². The molecule has 3 rings (SSSR count). The van der Waals surface area contributed by atoms with E-state index in [1.54, 1.807) is 0 Å². The minimum atomic E-state index is -0.986. The maximum atomic E-state index is 12.3. The van der Waals surface area contributed by atoms with Crippen LogP contribution in [0.25, 0.3) is 0 Å². The van der Waals surface area contributed by atoms with Gasteiger partial charge < -0.3 is 5.11 Å². The second-order valence-electron chi connectivity index (χ2n) is 5.62. The summed E-state index contributed by atoms with van der Waals surface area (Å²) in [5, 5.41) is 10.6. The van der Waals surface area contributed by atoms with Crippen LogP contribution in [-0.2, 0) is 4.79 Å². The van der Waals surface area contributed by atoms with E-state index in [1.807, 2.05) is 0 Å². The summed E-state index contributed by atoms with van der Waals surface area (Å²) in [6.45, 7) is 0. The largest absolute Gasteiger partial charge is 0.381 e. The molecular formula is C14H20O2. The van der Waals surface area contributed by atoms with Crippen LogP contribution in [0.15, 0.2) is 11.1 Å². The van der Waals surface area contributed by atoms with Crippen molar-refractivity contribution in [3.8, 4) is 0 Å². The number of ketones is 1. The lowest BCUT2D eigenvalue weighted by Gasteiger charge is -2.35. The van der Waals surface area contributed by atoms with Gasteiger partial charge in [0.2, 0.25) is 0 Å². The average Bonchev–Trinajstić information content (AvgIpc) is 2.49. The summed E-state index contributed by atoms with van der Waals surface area (Å²) in [4.78, 5) is 12.3. The molecular weight excluding hydrogens is 200 g/mol. The maximum absolute atomic E-state index is 12.3. The van der Waals surface area contributed by atoms with Gasteiger partial charge >= 0.3 is 0 Å². The molecule has 0 radical (unpaired) electrons. The van der Waals surface area contributed by atoms with Gasteiger partial charge in [0, 0.05) is 5.92 Å². The first kappa shape index (κ1) is 10.5. The van der Waals surface area contributed by atoms with Crippen molar-refractivity contribution >= 4 is 5.78 Å². The summed E-state index contributed by atoms with van der Waals surface area (Å²) in [7, 11) is 0. The molecule has 0 aromatic carbocycles. The van der Waals surface area contributed by atoms with Crippen molar-refractivity contribution in [2.75, 3.05) is 0 Å². The normalized spacial score (nSPS) is 39.3. The minimum absolute atomic E-state index is 0.0918. The highest BCUT2D eigenvalue weighted by atomic mass is 16.3. The zero-order valence-electron chi connectivity index (χ0n) is 9.80. The molecule has 2 heteroatoms. The summed E-state index contributed by atoms with van der Waals surface area (Å²) >= 11 is 0. The molecule has 0 unspecified atom stereocenters. The van der Waals surface area contributed by atoms with E-state index in [0.29, 0.717) is 6.42 Å². The first-order valence-electron chi connectivity index (χ1n) is 6.72. The first-order chi connectivity index (χ1) is 7.73. The molecule has 2 nitrogen and oxygen atoms in total. The second kappa shape index (κ2) is 3.69. The second-order valence-corrected chi connectivity index (χ2v) is 5.62. The van der Waals surface area contributed by atoms with Crippen LogP contribution in [0.2, 0.25) is 0 Å². The molecule has 1 fully saturated rings. The lowest BCUT2D eigenvalue weighted by molar-refractivity contribution is -0.138. The molecule has 0 aromatic heterocycles. The van der Waals surface area contributed by atoms with Gasteiger partial charge in [-0.1, -0.05) is 24.8 Å². The molecule has 0 saturated heterocycles. The Balaban J connectivity index is 2.00. The predicted molar refractivity (Wildman–Crippen MR) is 62.0 cm³/mol. The number of Topliss-reactive ketones (excluding diaryl/α,β-unsaturated/α-hetero) is 1. The highest BCUT2D eigenvalue weighted by Crippen LogP contribution is 2.50.